The molecule has 2 heterocycles. The molecular weight excluding hydrogens is 390 g/mol. The van der Waals surface area contributed by atoms with Gasteiger partial charge < -0.3 is 19.1 Å². The second-order valence-electron chi connectivity index (χ2n) is 9.53. The minimum Gasteiger partial charge on any atom is -0.493 e. The van der Waals surface area contributed by atoms with E-state index >= 15 is 0 Å². The Labute approximate surface area is 184 Å². The Morgan fingerprint density at radius 1 is 1.16 bits per heavy atom. The summed E-state index contributed by atoms with van der Waals surface area (Å²) in [6, 6.07) is 11.8. The van der Waals surface area contributed by atoms with Gasteiger partial charge in [0.25, 0.3) is 0 Å². The van der Waals surface area contributed by atoms with Gasteiger partial charge in [-0.3, -0.25) is 0 Å². The number of carbonyl (C=O) groups excluding carboxylic acids is 1. The third kappa shape index (κ3) is 3.21. The molecule has 4 atom stereocenters. The number of methoxy groups -OCH3 is 1. The van der Waals surface area contributed by atoms with Crippen molar-refractivity contribution in [2.75, 3.05) is 20.7 Å². The predicted molar refractivity (Wildman–Crippen MR) is 119 cm³/mol. The zero-order valence-corrected chi connectivity index (χ0v) is 18.8. The lowest BCUT2D eigenvalue weighted by Crippen LogP contribution is -2.52. The van der Waals surface area contributed by atoms with E-state index in [0.717, 1.165) is 43.0 Å². The van der Waals surface area contributed by atoms with Crippen LogP contribution in [0.4, 0.5) is 0 Å². The molecule has 31 heavy (non-hydrogen) atoms. The molecule has 1 saturated carbocycles. The summed E-state index contributed by atoms with van der Waals surface area (Å²) in [5.41, 5.74) is 4.34. The van der Waals surface area contributed by atoms with Crippen molar-refractivity contribution >= 4 is 5.97 Å². The van der Waals surface area contributed by atoms with Gasteiger partial charge in [-0.15, -0.1) is 0 Å². The molecule has 2 unspecified atom stereocenters. The Bertz CT molecular complexity index is 1000. The number of hydrogen-bond donors (Lipinski definition) is 0. The zero-order valence-electron chi connectivity index (χ0n) is 18.8. The fraction of sp³-hybridized carbons (Fsp3) is 0.500. The molecule has 0 N–H and O–H groups in total. The topological polar surface area (TPSA) is 48.0 Å². The van der Waals surface area contributed by atoms with E-state index in [0.29, 0.717) is 17.9 Å². The van der Waals surface area contributed by atoms with Gasteiger partial charge in [-0.1, -0.05) is 30.7 Å². The van der Waals surface area contributed by atoms with Crippen molar-refractivity contribution in [2.24, 2.45) is 5.92 Å². The lowest BCUT2D eigenvalue weighted by atomic mass is 9.59. The molecule has 1 aliphatic carbocycles. The molecule has 0 bridgehead atoms. The van der Waals surface area contributed by atoms with Crippen molar-refractivity contribution in [2.45, 2.75) is 57.3 Å². The third-order valence-electron chi connectivity index (χ3n) is 7.61. The number of ether oxygens (including phenoxy) is 3. The van der Waals surface area contributed by atoms with E-state index in [1.807, 2.05) is 37.3 Å². The first-order valence-corrected chi connectivity index (χ1v) is 11.3. The highest BCUT2D eigenvalue weighted by atomic mass is 16.6. The predicted octanol–water partition coefficient (Wildman–Crippen LogP) is 4.49. The summed E-state index contributed by atoms with van der Waals surface area (Å²) in [6.07, 6.45) is 2.44. The number of hydrogen-bond acceptors (Lipinski definition) is 5. The second kappa shape index (κ2) is 7.56. The van der Waals surface area contributed by atoms with Gasteiger partial charge in [0.15, 0.2) is 11.5 Å². The quantitative estimate of drug-likeness (QED) is 0.684. The van der Waals surface area contributed by atoms with Gasteiger partial charge in [-0.05, 0) is 63.0 Å². The molecule has 2 aromatic rings. The minimum atomic E-state index is -0.248. The first-order chi connectivity index (χ1) is 14.9. The lowest BCUT2D eigenvalue weighted by molar-refractivity contribution is -0.0378. The smallest absolute Gasteiger partial charge is 0.338 e. The zero-order chi connectivity index (χ0) is 21.8. The van der Waals surface area contributed by atoms with E-state index in [1.165, 1.54) is 11.1 Å². The summed E-state index contributed by atoms with van der Waals surface area (Å²) in [4.78, 5) is 15.2. The number of aryl methyl sites for hydroxylation is 1. The summed E-state index contributed by atoms with van der Waals surface area (Å²) >= 11 is 0. The highest BCUT2D eigenvalue weighted by Crippen LogP contribution is 2.59. The average molecular weight is 422 g/mol. The number of carbonyl (C=O) groups is 1. The molecule has 3 aliphatic rings. The van der Waals surface area contributed by atoms with Crippen LogP contribution in [0.25, 0.3) is 0 Å². The Morgan fingerprint density at radius 2 is 1.94 bits per heavy atom. The number of esters is 1. The molecular formula is C26H31NO4. The molecule has 5 nitrogen and oxygen atoms in total. The van der Waals surface area contributed by atoms with Crippen LogP contribution in [0.15, 0.2) is 36.4 Å². The molecule has 2 aromatic carbocycles. The summed E-state index contributed by atoms with van der Waals surface area (Å²) < 4.78 is 18.3. The minimum absolute atomic E-state index is 0.0105. The van der Waals surface area contributed by atoms with Crippen molar-refractivity contribution < 1.29 is 19.0 Å². The Morgan fingerprint density at radius 3 is 2.68 bits per heavy atom. The summed E-state index contributed by atoms with van der Waals surface area (Å²) in [7, 11) is 3.89. The molecule has 5 rings (SSSR count). The fourth-order valence-corrected chi connectivity index (χ4v) is 5.98. The maximum absolute atomic E-state index is 12.8. The first-order valence-electron chi connectivity index (χ1n) is 11.3. The van der Waals surface area contributed by atoms with Gasteiger partial charge in [-0.25, -0.2) is 4.79 Å². The molecule has 0 amide bonds. The van der Waals surface area contributed by atoms with Gasteiger partial charge in [0.1, 0.15) is 12.2 Å². The highest BCUT2D eigenvalue weighted by Gasteiger charge is 2.58. The third-order valence-corrected chi connectivity index (χ3v) is 7.61. The molecule has 1 spiro atoms. The highest BCUT2D eigenvalue weighted by molar-refractivity contribution is 5.89. The SMILES string of the molecule is COc1ccc2c3c1OC1C[C@@H](OC(=O)c4ccc(C)cc4)CC(C)[C@@]31CCN(C)C2. The lowest BCUT2D eigenvalue weighted by Gasteiger charge is -2.46. The second-order valence-corrected chi connectivity index (χ2v) is 9.53. The van der Waals surface area contributed by atoms with Crippen LogP contribution in [0.5, 0.6) is 11.5 Å². The molecule has 164 valence electrons. The van der Waals surface area contributed by atoms with Crippen molar-refractivity contribution in [1.82, 2.24) is 4.90 Å². The van der Waals surface area contributed by atoms with Crippen molar-refractivity contribution in [3.63, 3.8) is 0 Å². The largest absolute Gasteiger partial charge is 0.493 e. The van der Waals surface area contributed by atoms with Crippen LogP contribution in [0, 0.1) is 12.8 Å². The van der Waals surface area contributed by atoms with E-state index in [2.05, 4.69) is 24.9 Å². The maximum Gasteiger partial charge on any atom is 0.338 e. The van der Waals surface area contributed by atoms with Crippen molar-refractivity contribution in [3.8, 4) is 11.5 Å². The standard InChI is InChI=1S/C26H31NO4/c1-16-5-7-18(8-6-16)25(28)30-20-13-17(2)26-11-12-27(3)15-19-9-10-21(29-4)24(23(19)26)31-22(26)14-20/h5-10,17,20,22H,11-15H2,1-4H3/t17?,20-,22?,26+/m0/s1. The first kappa shape index (κ1) is 20.4. The van der Waals surface area contributed by atoms with Gasteiger partial charge in [0.2, 0.25) is 0 Å². The van der Waals surface area contributed by atoms with Gasteiger partial charge in [-0.2, -0.15) is 0 Å². The van der Waals surface area contributed by atoms with Crippen molar-refractivity contribution in [1.29, 1.82) is 0 Å². The van der Waals surface area contributed by atoms with Crippen molar-refractivity contribution in [3.05, 3.63) is 58.7 Å². The summed E-state index contributed by atoms with van der Waals surface area (Å²) in [6.45, 7) is 6.25. The van der Waals surface area contributed by atoms with E-state index in [-0.39, 0.29) is 23.6 Å². The molecule has 2 aliphatic heterocycles. The van der Waals surface area contributed by atoms with Gasteiger partial charge in [0.05, 0.1) is 12.7 Å². The maximum atomic E-state index is 12.8. The van der Waals surface area contributed by atoms with Crippen LogP contribution in [0.1, 0.15) is 53.2 Å². The van der Waals surface area contributed by atoms with Crippen LogP contribution >= 0.6 is 0 Å². The summed E-state index contributed by atoms with van der Waals surface area (Å²) in [5.74, 6) is 1.79. The molecule has 0 radical (unpaired) electrons. The summed E-state index contributed by atoms with van der Waals surface area (Å²) in [5, 5.41) is 0. The van der Waals surface area contributed by atoms with Crippen LogP contribution < -0.4 is 9.47 Å². The van der Waals surface area contributed by atoms with Gasteiger partial charge >= 0.3 is 5.97 Å². The van der Waals surface area contributed by atoms with Gasteiger partial charge in [0, 0.05) is 23.9 Å². The monoisotopic (exact) mass is 421 g/mol. The fourth-order valence-electron chi connectivity index (χ4n) is 5.98. The van der Waals surface area contributed by atoms with E-state index < -0.39 is 0 Å². The number of nitrogens with zero attached hydrogens (tertiary/aromatic N) is 1. The molecule has 0 saturated heterocycles. The van der Waals surface area contributed by atoms with E-state index in [4.69, 9.17) is 14.2 Å². The van der Waals surface area contributed by atoms with E-state index in [1.54, 1.807) is 7.11 Å². The van der Waals surface area contributed by atoms with Crippen LogP contribution in [0.3, 0.4) is 0 Å². The Kier molecular flexibility index (Phi) is 4.97. The number of benzene rings is 2. The molecule has 1 fully saturated rings. The molecule has 0 aromatic heterocycles. The van der Waals surface area contributed by atoms with E-state index in [9.17, 15) is 4.79 Å². The van der Waals surface area contributed by atoms with Crippen LogP contribution in [0.2, 0.25) is 0 Å². The molecule has 5 heteroatoms. The Balaban J connectivity index is 1.45. The number of rotatable bonds is 3. The van der Waals surface area contributed by atoms with Crippen LogP contribution in [-0.2, 0) is 16.7 Å². The van der Waals surface area contributed by atoms with Crippen LogP contribution in [-0.4, -0.2) is 43.8 Å². The Hall–Kier alpha value is -2.53. The normalized spacial score (nSPS) is 29.4. The average Bonchev–Trinajstić information content (AvgIpc) is 3.00.